The number of aliphatic hydroxyl groups excluding tert-OH is 2. The molecule has 0 saturated heterocycles. The van der Waals surface area contributed by atoms with Gasteiger partial charge in [-0.25, -0.2) is 0 Å². The van der Waals surface area contributed by atoms with E-state index in [4.69, 9.17) is 0 Å². The van der Waals surface area contributed by atoms with E-state index >= 15 is 0 Å². The number of Topliss-reactive ketones (excluding diaryl/α,β-unsaturated/α-hetero) is 1. The molecular formula is C30H46O4. The highest BCUT2D eigenvalue weighted by atomic mass is 16.3. The number of ketones is 2. The summed E-state index contributed by atoms with van der Waals surface area (Å²) in [5.74, 6) is 0.545. The van der Waals surface area contributed by atoms with Gasteiger partial charge in [0.05, 0.1) is 6.10 Å². The maximum absolute atomic E-state index is 12.8. The van der Waals surface area contributed by atoms with Crippen LogP contribution in [-0.2, 0) is 9.59 Å². The van der Waals surface area contributed by atoms with Crippen LogP contribution in [-0.4, -0.2) is 34.0 Å². The van der Waals surface area contributed by atoms with E-state index < -0.39 is 17.6 Å². The van der Waals surface area contributed by atoms with Gasteiger partial charge in [-0.3, -0.25) is 9.59 Å². The van der Waals surface area contributed by atoms with Gasteiger partial charge in [0.1, 0.15) is 11.9 Å². The van der Waals surface area contributed by atoms with Crippen LogP contribution in [0.5, 0.6) is 0 Å². The topological polar surface area (TPSA) is 74.6 Å². The van der Waals surface area contributed by atoms with Crippen LogP contribution < -0.4 is 0 Å². The van der Waals surface area contributed by atoms with Crippen molar-refractivity contribution in [1.82, 2.24) is 0 Å². The second-order valence-electron chi connectivity index (χ2n) is 13.7. The molecule has 0 aromatic rings. The molecule has 9 atom stereocenters. The summed E-state index contributed by atoms with van der Waals surface area (Å²) in [6.45, 7) is 17.0. The summed E-state index contributed by atoms with van der Waals surface area (Å²) >= 11 is 0. The summed E-state index contributed by atoms with van der Waals surface area (Å²) in [5, 5.41) is 22.4. The van der Waals surface area contributed by atoms with Gasteiger partial charge in [-0.2, -0.15) is 0 Å². The van der Waals surface area contributed by atoms with Crippen LogP contribution in [0, 0.1) is 45.3 Å². The lowest BCUT2D eigenvalue weighted by Crippen LogP contribution is -2.61. The van der Waals surface area contributed by atoms with Crippen molar-refractivity contribution in [3.8, 4) is 0 Å². The average molecular weight is 471 g/mol. The summed E-state index contributed by atoms with van der Waals surface area (Å²) in [6, 6.07) is 0. The zero-order chi connectivity index (χ0) is 25.4. The molecule has 3 fully saturated rings. The Morgan fingerprint density at radius 3 is 2.35 bits per heavy atom. The molecule has 34 heavy (non-hydrogen) atoms. The molecule has 0 aliphatic heterocycles. The number of aliphatic hydroxyl groups is 2. The van der Waals surface area contributed by atoms with E-state index in [9.17, 15) is 19.8 Å². The first-order valence-electron chi connectivity index (χ1n) is 13.4. The van der Waals surface area contributed by atoms with Crippen molar-refractivity contribution in [2.75, 3.05) is 0 Å². The van der Waals surface area contributed by atoms with Crippen LogP contribution in [0.4, 0.5) is 0 Å². The van der Waals surface area contributed by atoms with Crippen molar-refractivity contribution in [1.29, 1.82) is 0 Å². The third kappa shape index (κ3) is 3.38. The summed E-state index contributed by atoms with van der Waals surface area (Å²) in [5.41, 5.74) is 1.58. The predicted molar refractivity (Wildman–Crippen MR) is 135 cm³/mol. The van der Waals surface area contributed by atoms with Gasteiger partial charge >= 0.3 is 0 Å². The van der Waals surface area contributed by atoms with Crippen molar-refractivity contribution in [3.63, 3.8) is 0 Å². The molecule has 4 nitrogen and oxygen atoms in total. The first kappa shape index (κ1) is 25.8. The van der Waals surface area contributed by atoms with Crippen LogP contribution in [0.25, 0.3) is 0 Å². The van der Waals surface area contributed by atoms with E-state index in [2.05, 4.69) is 26.8 Å². The van der Waals surface area contributed by atoms with Gasteiger partial charge in [-0.05, 0) is 86.0 Å². The van der Waals surface area contributed by atoms with Crippen molar-refractivity contribution < 1.29 is 19.8 Å². The van der Waals surface area contributed by atoms with E-state index in [-0.39, 0.29) is 45.6 Å². The third-order valence-corrected chi connectivity index (χ3v) is 11.4. The van der Waals surface area contributed by atoms with Gasteiger partial charge in [0.15, 0.2) is 5.78 Å². The molecule has 0 aromatic heterocycles. The summed E-state index contributed by atoms with van der Waals surface area (Å²) in [7, 11) is 0. The smallest absolute Gasteiger partial charge is 0.184 e. The van der Waals surface area contributed by atoms with Crippen LogP contribution >= 0.6 is 0 Å². The number of hydrogen-bond acceptors (Lipinski definition) is 4. The zero-order valence-corrected chi connectivity index (χ0v) is 22.6. The highest BCUT2D eigenvalue weighted by Gasteiger charge is 2.67. The number of carbonyl (C=O) groups is 2. The minimum atomic E-state index is -0.977. The first-order valence-corrected chi connectivity index (χ1v) is 13.4. The van der Waals surface area contributed by atoms with Crippen LogP contribution in [0.2, 0.25) is 0 Å². The lowest BCUT2D eigenvalue weighted by molar-refractivity contribution is -0.157. The average Bonchev–Trinajstić information content (AvgIpc) is 3.01. The molecule has 4 aliphatic rings. The van der Waals surface area contributed by atoms with Crippen molar-refractivity contribution in [3.05, 3.63) is 23.3 Å². The number of carbonyl (C=O) groups excluding carboxylic acids is 2. The van der Waals surface area contributed by atoms with Gasteiger partial charge in [0.2, 0.25) is 0 Å². The van der Waals surface area contributed by atoms with Gasteiger partial charge in [-0.15, -0.1) is 0 Å². The second kappa shape index (κ2) is 8.13. The molecule has 4 aliphatic carbocycles. The van der Waals surface area contributed by atoms with Gasteiger partial charge < -0.3 is 10.2 Å². The van der Waals surface area contributed by atoms with Gasteiger partial charge in [0, 0.05) is 17.8 Å². The monoisotopic (exact) mass is 470 g/mol. The minimum Gasteiger partial charge on any atom is -0.389 e. The Labute approximate surface area is 206 Å². The van der Waals surface area contributed by atoms with E-state index in [0.717, 1.165) is 37.7 Å². The normalized spacial score (nSPS) is 44.8. The SMILES string of the molecule is CC(C)=CC(=O)[C@@H](O)[C@H](C)[C@@H]1CC[C@]2(C)C3=C[C@@H](O)[C@H]4C(C)(C)C(=O)CC[C@]4(C)[C@H]3CC[C@@]12C. The number of allylic oxidation sites excluding steroid dienone is 2. The third-order valence-electron chi connectivity index (χ3n) is 11.4. The minimum absolute atomic E-state index is 0.0378. The summed E-state index contributed by atoms with van der Waals surface area (Å²) in [6.07, 6.45) is 7.65. The maximum atomic E-state index is 12.8. The highest BCUT2D eigenvalue weighted by molar-refractivity contribution is 5.94. The summed E-state index contributed by atoms with van der Waals surface area (Å²) < 4.78 is 0. The quantitative estimate of drug-likeness (QED) is 0.410. The van der Waals surface area contributed by atoms with Crippen LogP contribution in [0.15, 0.2) is 23.3 Å². The number of fused-ring (bicyclic) bond motifs is 5. The fraction of sp³-hybridized carbons (Fsp3) is 0.800. The molecule has 0 spiro atoms. The largest absolute Gasteiger partial charge is 0.389 e. The Morgan fingerprint density at radius 1 is 1.09 bits per heavy atom. The van der Waals surface area contributed by atoms with Gasteiger partial charge in [0.25, 0.3) is 0 Å². The highest BCUT2D eigenvalue weighted by Crippen LogP contribution is 2.73. The molecule has 0 unspecified atom stereocenters. The Morgan fingerprint density at radius 2 is 1.74 bits per heavy atom. The van der Waals surface area contributed by atoms with E-state index in [0.29, 0.717) is 12.3 Å². The van der Waals surface area contributed by atoms with Crippen molar-refractivity contribution >= 4 is 11.6 Å². The molecule has 2 N–H and O–H groups in total. The zero-order valence-electron chi connectivity index (χ0n) is 22.6. The maximum Gasteiger partial charge on any atom is 0.184 e. The molecule has 3 saturated carbocycles. The molecule has 0 radical (unpaired) electrons. The fourth-order valence-electron chi connectivity index (χ4n) is 9.40. The Balaban J connectivity index is 1.71. The molecule has 4 rings (SSSR count). The predicted octanol–water partition coefficient (Wildman–Crippen LogP) is 5.66. The Kier molecular flexibility index (Phi) is 6.17. The van der Waals surface area contributed by atoms with Crippen LogP contribution in [0.3, 0.4) is 0 Å². The van der Waals surface area contributed by atoms with Crippen molar-refractivity contribution in [2.45, 2.75) is 106 Å². The standard InChI is InChI=1S/C30H46O4/c1-17(2)15-22(31)25(34)18(3)19-9-13-30(8)21-16-23(32)26-27(4,5)24(33)11-12-28(26,6)20(21)10-14-29(19,30)7/h15-16,18-20,23,25-26,32,34H,9-14H2,1-8H3/t18-,19+,20+,23-,25+,26+,28-,29+,30-/m1/s1. The van der Waals surface area contributed by atoms with E-state index in [1.807, 2.05) is 34.6 Å². The molecule has 0 heterocycles. The lowest BCUT2D eigenvalue weighted by Gasteiger charge is -2.64. The van der Waals surface area contributed by atoms with E-state index in [1.54, 1.807) is 6.08 Å². The van der Waals surface area contributed by atoms with Crippen molar-refractivity contribution in [2.24, 2.45) is 45.3 Å². The Bertz CT molecular complexity index is 939. The molecular weight excluding hydrogens is 424 g/mol. The Hall–Kier alpha value is -1.26. The lowest BCUT2D eigenvalue weighted by atomic mass is 9.40. The van der Waals surface area contributed by atoms with E-state index in [1.165, 1.54) is 5.57 Å². The summed E-state index contributed by atoms with van der Waals surface area (Å²) in [4.78, 5) is 25.5. The molecule has 4 heteroatoms. The molecule has 0 bridgehead atoms. The molecule has 0 amide bonds. The fourth-order valence-corrected chi connectivity index (χ4v) is 9.40. The number of hydrogen-bond donors (Lipinski definition) is 2. The van der Waals surface area contributed by atoms with Crippen LogP contribution in [0.1, 0.15) is 93.9 Å². The molecule has 190 valence electrons. The first-order chi connectivity index (χ1) is 15.6. The molecule has 0 aromatic carbocycles. The van der Waals surface area contributed by atoms with Gasteiger partial charge in [-0.1, -0.05) is 58.8 Å². The number of rotatable bonds is 4. The second-order valence-corrected chi connectivity index (χ2v) is 13.7.